The zero-order valence-electron chi connectivity index (χ0n) is 18.8. The molecule has 1 atom stereocenters. The zero-order valence-corrected chi connectivity index (χ0v) is 20.3. The first kappa shape index (κ1) is 23.1. The van der Waals surface area contributed by atoms with Crippen LogP contribution in [0.5, 0.6) is 0 Å². The molecule has 2 amide bonds. The minimum Gasteiger partial charge on any atom is -0.353 e. The summed E-state index contributed by atoms with van der Waals surface area (Å²) in [6.45, 7) is 7.38. The molecule has 1 N–H and O–H groups in total. The number of likely N-dealkylation sites (tertiary alicyclic amines) is 1. The summed E-state index contributed by atoms with van der Waals surface area (Å²) in [6, 6.07) is 5.45. The van der Waals surface area contributed by atoms with Crippen molar-refractivity contribution in [2.75, 3.05) is 13.1 Å². The maximum Gasteiger partial charge on any atom is 0.257 e. The van der Waals surface area contributed by atoms with Gasteiger partial charge in [-0.1, -0.05) is 37.0 Å². The van der Waals surface area contributed by atoms with Crippen LogP contribution in [0.3, 0.4) is 0 Å². The Labute approximate surface area is 199 Å². The number of halogens is 2. The highest BCUT2D eigenvalue weighted by Gasteiger charge is 2.36. The summed E-state index contributed by atoms with van der Waals surface area (Å²) in [5.74, 6) is 0.745. The Morgan fingerprint density at radius 3 is 2.38 bits per heavy atom. The number of nitrogens with one attached hydrogen (secondary N) is 1. The summed E-state index contributed by atoms with van der Waals surface area (Å²) in [7, 11) is 0. The number of piperidine rings is 1. The molecule has 1 saturated carbocycles. The second-order valence-corrected chi connectivity index (χ2v) is 10.2. The van der Waals surface area contributed by atoms with Crippen molar-refractivity contribution in [1.82, 2.24) is 20.0 Å². The number of carbonyl (C=O) groups is 2. The molecule has 172 valence electrons. The molecule has 1 aromatic heterocycles. The zero-order chi connectivity index (χ0) is 23.0. The normalized spacial score (nSPS) is 18.1. The molecule has 2 heterocycles. The van der Waals surface area contributed by atoms with Crippen LogP contribution in [-0.2, 0) is 4.79 Å². The van der Waals surface area contributed by atoms with Gasteiger partial charge in [-0.05, 0) is 56.7 Å². The van der Waals surface area contributed by atoms with Crippen LogP contribution >= 0.6 is 23.2 Å². The van der Waals surface area contributed by atoms with Crippen LogP contribution in [0.25, 0.3) is 5.69 Å². The fraction of sp³-hybridized carbons (Fsp3) is 0.542. The lowest BCUT2D eigenvalue weighted by Gasteiger charge is -2.32. The average molecular weight is 477 g/mol. The summed E-state index contributed by atoms with van der Waals surface area (Å²) >= 11 is 12.5. The topological polar surface area (TPSA) is 67.2 Å². The summed E-state index contributed by atoms with van der Waals surface area (Å²) in [4.78, 5) is 27.8. The first-order chi connectivity index (χ1) is 15.3. The fourth-order valence-electron chi connectivity index (χ4n) is 4.14. The Hall–Kier alpha value is -2.05. The molecule has 1 aliphatic carbocycles. The lowest BCUT2D eigenvalue weighted by Crippen LogP contribution is -2.45. The van der Waals surface area contributed by atoms with E-state index in [1.165, 1.54) is 0 Å². The minimum absolute atomic E-state index is 0.0161. The third-order valence-electron chi connectivity index (χ3n) is 6.66. The molecule has 32 heavy (non-hydrogen) atoms. The van der Waals surface area contributed by atoms with Gasteiger partial charge in [-0.15, -0.1) is 0 Å². The molecule has 8 heteroatoms. The van der Waals surface area contributed by atoms with Gasteiger partial charge in [0.05, 0.1) is 28.2 Å². The second-order valence-electron chi connectivity index (χ2n) is 9.33. The van der Waals surface area contributed by atoms with Crippen molar-refractivity contribution in [3.8, 4) is 5.69 Å². The van der Waals surface area contributed by atoms with Crippen molar-refractivity contribution in [3.05, 3.63) is 45.7 Å². The van der Waals surface area contributed by atoms with Crippen molar-refractivity contribution < 1.29 is 9.59 Å². The van der Waals surface area contributed by atoms with E-state index in [9.17, 15) is 9.59 Å². The smallest absolute Gasteiger partial charge is 0.257 e. The van der Waals surface area contributed by atoms with E-state index in [1.54, 1.807) is 23.0 Å². The minimum atomic E-state index is -0.0428. The van der Waals surface area contributed by atoms with Gasteiger partial charge in [0, 0.05) is 36.0 Å². The molecule has 6 nitrogen and oxygen atoms in total. The van der Waals surface area contributed by atoms with Gasteiger partial charge in [0.1, 0.15) is 0 Å². The number of hydrogen-bond acceptors (Lipinski definition) is 3. The van der Waals surface area contributed by atoms with E-state index in [1.807, 2.05) is 17.9 Å². The molecule has 0 spiro atoms. The van der Waals surface area contributed by atoms with Gasteiger partial charge >= 0.3 is 0 Å². The molecular formula is C24H30Cl2N4O2. The van der Waals surface area contributed by atoms with Gasteiger partial charge in [-0.2, -0.15) is 5.10 Å². The summed E-state index contributed by atoms with van der Waals surface area (Å²) in [5.41, 5.74) is 2.28. The highest BCUT2D eigenvalue weighted by molar-refractivity contribution is 6.35. The molecule has 0 bridgehead atoms. The monoisotopic (exact) mass is 476 g/mol. The Kier molecular flexibility index (Phi) is 6.82. The molecule has 2 aliphatic rings. The summed E-state index contributed by atoms with van der Waals surface area (Å²) in [5, 5.41) is 8.70. The number of hydrogen-bond donors (Lipinski definition) is 1. The summed E-state index contributed by atoms with van der Waals surface area (Å²) in [6.07, 6.45) is 5.08. The first-order valence-corrected chi connectivity index (χ1v) is 12.1. The average Bonchev–Trinajstić information content (AvgIpc) is 3.51. The van der Waals surface area contributed by atoms with Gasteiger partial charge in [-0.25, -0.2) is 4.68 Å². The number of nitrogens with zero attached hydrogens (tertiary/aromatic N) is 3. The van der Waals surface area contributed by atoms with Crippen LogP contribution in [0.15, 0.2) is 24.4 Å². The van der Waals surface area contributed by atoms with Crippen molar-refractivity contribution in [2.45, 2.75) is 58.4 Å². The quantitative estimate of drug-likeness (QED) is 0.632. The Balaban J connectivity index is 1.48. The van der Waals surface area contributed by atoms with Gasteiger partial charge in [0.25, 0.3) is 5.91 Å². The van der Waals surface area contributed by atoms with Crippen LogP contribution in [0, 0.1) is 11.8 Å². The van der Waals surface area contributed by atoms with E-state index in [0.717, 1.165) is 24.2 Å². The SMILES string of the molecule is CC(C)C(C)NC(=O)C1CCN(C(=O)c2cnn(-c3ccc(Cl)cc3Cl)c2C2CC2)CC1. The van der Waals surface area contributed by atoms with E-state index in [2.05, 4.69) is 24.3 Å². The van der Waals surface area contributed by atoms with Crippen LogP contribution in [0.4, 0.5) is 0 Å². The van der Waals surface area contributed by atoms with Crippen LogP contribution in [0.2, 0.25) is 10.0 Å². The van der Waals surface area contributed by atoms with E-state index in [0.29, 0.717) is 53.4 Å². The Bertz CT molecular complexity index is 1010. The molecule has 1 aliphatic heterocycles. The summed E-state index contributed by atoms with van der Waals surface area (Å²) < 4.78 is 1.79. The third kappa shape index (κ3) is 4.81. The predicted octanol–water partition coefficient (Wildman–Crippen LogP) is 5.07. The highest BCUT2D eigenvalue weighted by Crippen LogP contribution is 2.43. The van der Waals surface area contributed by atoms with Gasteiger partial charge < -0.3 is 10.2 Å². The standard InChI is InChI=1S/C24H30Cl2N4O2/c1-14(2)15(3)28-23(31)17-8-10-29(11-9-17)24(32)19-13-27-30(22(19)16-4-5-16)21-7-6-18(25)12-20(21)26/h6-7,12-17H,4-5,8-11H2,1-3H3,(H,28,31). The van der Waals surface area contributed by atoms with Gasteiger partial charge in [0.15, 0.2) is 0 Å². The molecular weight excluding hydrogens is 447 g/mol. The van der Waals surface area contributed by atoms with Crippen molar-refractivity contribution in [1.29, 1.82) is 0 Å². The Morgan fingerprint density at radius 1 is 1.09 bits per heavy atom. The van der Waals surface area contributed by atoms with E-state index in [-0.39, 0.29) is 23.8 Å². The van der Waals surface area contributed by atoms with Crippen LogP contribution in [0.1, 0.15) is 68.4 Å². The number of rotatable bonds is 6. The van der Waals surface area contributed by atoms with E-state index in [4.69, 9.17) is 23.2 Å². The first-order valence-electron chi connectivity index (χ1n) is 11.4. The maximum atomic E-state index is 13.4. The third-order valence-corrected chi connectivity index (χ3v) is 7.20. The van der Waals surface area contributed by atoms with Crippen LogP contribution < -0.4 is 5.32 Å². The number of aromatic nitrogens is 2. The lowest BCUT2D eigenvalue weighted by molar-refractivity contribution is -0.127. The van der Waals surface area contributed by atoms with Gasteiger partial charge in [0.2, 0.25) is 5.91 Å². The van der Waals surface area contributed by atoms with E-state index >= 15 is 0 Å². The van der Waals surface area contributed by atoms with E-state index < -0.39 is 0 Å². The highest BCUT2D eigenvalue weighted by atomic mass is 35.5. The number of carbonyl (C=O) groups excluding carboxylic acids is 2. The maximum absolute atomic E-state index is 13.4. The molecule has 2 fully saturated rings. The molecule has 4 rings (SSSR count). The van der Waals surface area contributed by atoms with Crippen LogP contribution in [-0.4, -0.2) is 45.6 Å². The lowest BCUT2D eigenvalue weighted by atomic mass is 9.94. The molecule has 0 radical (unpaired) electrons. The molecule has 1 unspecified atom stereocenters. The fourth-order valence-corrected chi connectivity index (χ4v) is 4.63. The molecule has 1 aromatic carbocycles. The predicted molar refractivity (Wildman–Crippen MR) is 127 cm³/mol. The number of benzene rings is 1. The van der Waals surface area contributed by atoms with Crippen molar-refractivity contribution in [2.24, 2.45) is 11.8 Å². The Morgan fingerprint density at radius 2 is 1.78 bits per heavy atom. The number of amides is 2. The van der Waals surface area contributed by atoms with Crippen molar-refractivity contribution >= 4 is 35.0 Å². The largest absolute Gasteiger partial charge is 0.353 e. The second kappa shape index (κ2) is 9.44. The molecule has 2 aromatic rings. The van der Waals surface area contributed by atoms with Gasteiger partial charge in [-0.3, -0.25) is 9.59 Å². The molecule has 1 saturated heterocycles. The van der Waals surface area contributed by atoms with Crippen molar-refractivity contribution in [3.63, 3.8) is 0 Å².